The highest BCUT2D eigenvalue weighted by molar-refractivity contribution is 7.99. The molecule has 1 heterocycles. The summed E-state index contributed by atoms with van der Waals surface area (Å²) < 4.78 is 0. The summed E-state index contributed by atoms with van der Waals surface area (Å²) in [7, 11) is 0. The Bertz CT molecular complexity index is 292. The van der Waals surface area contributed by atoms with Gasteiger partial charge in [-0.25, -0.2) is 0 Å². The van der Waals surface area contributed by atoms with Crippen LogP contribution in [0.2, 0.25) is 0 Å². The summed E-state index contributed by atoms with van der Waals surface area (Å²) in [6, 6.07) is 0.649. The summed E-state index contributed by atoms with van der Waals surface area (Å²) in [5.41, 5.74) is 0. The average molecular weight is 269 g/mol. The minimum atomic E-state index is 0.316. The molecule has 0 N–H and O–H groups in total. The molecule has 2 rings (SSSR count). The van der Waals surface area contributed by atoms with Gasteiger partial charge in [0.2, 0.25) is 0 Å². The highest BCUT2D eigenvalue weighted by atomic mass is 32.2. The van der Waals surface area contributed by atoms with E-state index in [1.807, 2.05) is 11.8 Å². The summed E-state index contributed by atoms with van der Waals surface area (Å²) in [4.78, 5) is 14.7. The smallest absolute Gasteiger partial charge is 0.137 e. The predicted octanol–water partition coefficient (Wildman–Crippen LogP) is 3.07. The minimum absolute atomic E-state index is 0.316. The molecule has 0 aromatic heterocycles. The molecule has 18 heavy (non-hydrogen) atoms. The Morgan fingerprint density at radius 2 is 2.22 bits per heavy atom. The molecule has 2 fully saturated rings. The van der Waals surface area contributed by atoms with Crippen molar-refractivity contribution in [3.8, 4) is 0 Å². The molecule has 0 aromatic rings. The lowest BCUT2D eigenvalue weighted by atomic mass is 9.75. The Morgan fingerprint density at radius 3 is 2.89 bits per heavy atom. The number of hydrogen-bond donors (Lipinski definition) is 0. The lowest BCUT2D eigenvalue weighted by Gasteiger charge is -2.38. The quantitative estimate of drug-likeness (QED) is 0.785. The first kappa shape index (κ1) is 14.4. The Morgan fingerprint density at radius 1 is 1.44 bits per heavy atom. The zero-order chi connectivity index (χ0) is 13.1. The molecular weight excluding hydrogens is 242 g/mol. The van der Waals surface area contributed by atoms with Crippen LogP contribution >= 0.6 is 11.8 Å². The third-order valence-electron chi connectivity index (χ3n) is 4.71. The lowest BCUT2D eigenvalue weighted by Crippen LogP contribution is -2.45. The van der Waals surface area contributed by atoms with E-state index in [1.165, 1.54) is 18.1 Å². The van der Waals surface area contributed by atoms with Gasteiger partial charge in [-0.05, 0) is 31.6 Å². The molecule has 2 aliphatic rings. The second-order valence-corrected chi connectivity index (χ2v) is 7.51. The largest absolute Gasteiger partial charge is 0.299 e. The van der Waals surface area contributed by atoms with Gasteiger partial charge in [-0.2, -0.15) is 11.8 Å². The number of Topliss-reactive ketones (excluding diaryl/α,β-unsaturated/α-hetero) is 1. The number of thioether (sulfide) groups is 1. The van der Waals surface area contributed by atoms with Crippen molar-refractivity contribution in [2.75, 3.05) is 24.6 Å². The van der Waals surface area contributed by atoms with Gasteiger partial charge in [-0.1, -0.05) is 13.8 Å². The van der Waals surface area contributed by atoms with Gasteiger partial charge in [0, 0.05) is 43.0 Å². The van der Waals surface area contributed by atoms with Gasteiger partial charge in [-0.15, -0.1) is 0 Å². The van der Waals surface area contributed by atoms with Crippen molar-refractivity contribution in [1.29, 1.82) is 0 Å². The number of hydrogen-bond acceptors (Lipinski definition) is 3. The maximum absolute atomic E-state index is 12.1. The summed E-state index contributed by atoms with van der Waals surface area (Å²) >= 11 is 2.05. The van der Waals surface area contributed by atoms with Crippen molar-refractivity contribution >= 4 is 17.5 Å². The first-order valence-electron chi connectivity index (χ1n) is 7.42. The van der Waals surface area contributed by atoms with Gasteiger partial charge in [0.05, 0.1) is 0 Å². The number of nitrogens with zero attached hydrogens (tertiary/aromatic N) is 1. The normalized spacial score (nSPS) is 35.1. The third kappa shape index (κ3) is 3.51. The van der Waals surface area contributed by atoms with Crippen molar-refractivity contribution in [2.45, 2.75) is 46.1 Å². The van der Waals surface area contributed by atoms with Crippen LogP contribution in [0.3, 0.4) is 0 Å². The van der Waals surface area contributed by atoms with E-state index in [0.29, 0.717) is 17.7 Å². The van der Waals surface area contributed by atoms with Crippen molar-refractivity contribution in [1.82, 2.24) is 4.90 Å². The van der Waals surface area contributed by atoms with Crippen LogP contribution in [0.15, 0.2) is 0 Å². The first-order valence-corrected chi connectivity index (χ1v) is 8.58. The Kier molecular flexibility index (Phi) is 5.14. The first-order chi connectivity index (χ1) is 8.58. The topological polar surface area (TPSA) is 20.3 Å². The number of carbonyl (C=O) groups excluding carboxylic acids is 1. The molecule has 104 valence electrons. The molecule has 0 bridgehead atoms. The van der Waals surface area contributed by atoms with Crippen molar-refractivity contribution < 1.29 is 4.79 Å². The summed E-state index contributed by atoms with van der Waals surface area (Å²) in [5.74, 6) is 4.80. The minimum Gasteiger partial charge on any atom is -0.299 e. The molecule has 1 aliphatic heterocycles. The highest BCUT2D eigenvalue weighted by Crippen LogP contribution is 2.32. The van der Waals surface area contributed by atoms with Crippen LogP contribution in [-0.4, -0.2) is 41.3 Å². The Hall–Kier alpha value is -0.0200. The molecule has 0 aromatic carbocycles. The van der Waals surface area contributed by atoms with E-state index in [9.17, 15) is 4.79 Å². The van der Waals surface area contributed by atoms with Crippen LogP contribution < -0.4 is 0 Å². The fourth-order valence-corrected chi connectivity index (χ4v) is 4.33. The standard InChI is InChI=1S/C15H27NOS/c1-11(2)13-4-5-15(17)14(8-13)9-16-6-7-18-10-12(16)3/h11-14H,4-10H2,1-3H3. The van der Waals surface area contributed by atoms with E-state index in [2.05, 4.69) is 25.7 Å². The zero-order valence-electron chi connectivity index (χ0n) is 12.0. The second kappa shape index (κ2) is 6.42. The fourth-order valence-electron chi connectivity index (χ4n) is 3.24. The molecule has 0 radical (unpaired) electrons. The zero-order valence-corrected chi connectivity index (χ0v) is 12.8. The average Bonchev–Trinajstić information content (AvgIpc) is 2.34. The molecule has 1 aliphatic carbocycles. The van der Waals surface area contributed by atoms with Crippen LogP contribution in [0.25, 0.3) is 0 Å². The maximum atomic E-state index is 12.1. The monoisotopic (exact) mass is 269 g/mol. The number of carbonyl (C=O) groups is 1. The molecule has 3 atom stereocenters. The molecule has 2 nitrogen and oxygen atoms in total. The lowest BCUT2D eigenvalue weighted by molar-refractivity contribution is -0.126. The van der Waals surface area contributed by atoms with Gasteiger partial charge in [0.1, 0.15) is 5.78 Å². The Balaban J connectivity index is 1.91. The predicted molar refractivity (Wildman–Crippen MR) is 79.0 cm³/mol. The van der Waals surface area contributed by atoms with E-state index < -0.39 is 0 Å². The summed E-state index contributed by atoms with van der Waals surface area (Å²) in [5, 5.41) is 0. The van der Waals surface area contributed by atoms with Crippen LogP contribution in [0, 0.1) is 17.8 Å². The molecule has 1 saturated heterocycles. The van der Waals surface area contributed by atoms with Gasteiger partial charge < -0.3 is 0 Å². The molecular formula is C15H27NOS. The second-order valence-electron chi connectivity index (χ2n) is 6.36. The molecule has 3 heteroatoms. The van der Waals surface area contributed by atoms with Gasteiger partial charge >= 0.3 is 0 Å². The van der Waals surface area contributed by atoms with E-state index in [4.69, 9.17) is 0 Å². The van der Waals surface area contributed by atoms with E-state index in [-0.39, 0.29) is 0 Å². The van der Waals surface area contributed by atoms with Crippen LogP contribution in [0.4, 0.5) is 0 Å². The van der Waals surface area contributed by atoms with Gasteiger partial charge in [-0.3, -0.25) is 9.69 Å². The highest BCUT2D eigenvalue weighted by Gasteiger charge is 2.32. The molecule has 1 saturated carbocycles. The van der Waals surface area contributed by atoms with Crippen LogP contribution in [0.5, 0.6) is 0 Å². The molecule has 0 amide bonds. The number of ketones is 1. The molecule has 0 spiro atoms. The summed E-state index contributed by atoms with van der Waals surface area (Å²) in [6.07, 6.45) is 3.08. The van der Waals surface area contributed by atoms with Gasteiger partial charge in [0.15, 0.2) is 0 Å². The van der Waals surface area contributed by atoms with Crippen molar-refractivity contribution in [3.63, 3.8) is 0 Å². The fraction of sp³-hybridized carbons (Fsp3) is 0.933. The summed E-state index contributed by atoms with van der Waals surface area (Å²) in [6.45, 7) is 9.10. The number of rotatable bonds is 3. The third-order valence-corrected chi connectivity index (χ3v) is 5.90. The van der Waals surface area contributed by atoms with E-state index >= 15 is 0 Å². The van der Waals surface area contributed by atoms with Crippen molar-refractivity contribution in [3.05, 3.63) is 0 Å². The van der Waals surface area contributed by atoms with E-state index in [0.717, 1.165) is 37.6 Å². The van der Waals surface area contributed by atoms with Crippen LogP contribution in [0.1, 0.15) is 40.0 Å². The molecule has 3 unspecified atom stereocenters. The maximum Gasteiger partial charge on any atom is 0.137 e. The Labute approximate surface area is 116 Å². The van der Waals surface area contributed by atoms with Crippen molar-refractivity contribution in [2.24, 2.45) is 17.8 Å². The van der Waals surface area contributed by atoms with E-state index in [1.54, 1.807) is 0 Å². The van der Waals surface area contributed by atoms with Crippen LogP contribution in [-0.2, 0) is 4.79 Å². The SMILES string of the molecule is CC(C)C1CCC(=O)C(CN2CCSCC2C)C1. The van der Waals surface area contributed by atoms with Gasteiger partial charge in [0.25, 0.3) is 0 Å².